The summed E-state index contributed by atoms with van der Waals surface area (Å²) in [6, 6.07) is 5.58. The van der Waals surface area contributed by atoms with Crippen LogP contribution in [0.5, 0.6) is 0 Å². The molecule has 2 heterocycles. The lowest BCUT2D eigenvalue weighted by atomic mass is 10.1. The molecule has 19 heavy (non-hydrogen) atoms. The van der Waals surface area contributed by atoms with E-state index in [-0.39, 0.29) is 10.7 Å². The van der Waals surface area contributed by atoms with Crippen molar-refractivity contribution in [2.75, 3.05) is 16.8 Å². The molecule has 4 nitrogen and oxygen atoms in total. The number of nitrogens with zero attached hydrogens (tertiary/aromatic N) is 1. The Labute approximate surface area is 119 Å². The lowest BCUT2D eigenvalue weighted by Gasteiger charge is -2.20. The first-order valence-electron chi connectivity index (χ1n) is 6.18. The highest BCUT2D eigenvalue weighted by Gasteiger charge is 2.37. The van der Waals surface area contributed by atoms with E-state index in [9.17, 15) is 4.79 Å². The first-order valence-corrected chi connectivity index (χ1v) is 7.98. The molecule has 3 rings (SSSR count). The van der Waals surface area contributed by atoms with Crippen LogP contribution in [0.4, 0.5) is 10.8 Å². The molecule has 1 unspecified atom stereocenters. The third kappa shape index (κ3) is 2.42. The van der Waals surface area contributed by atoms with Gasteiger partial charge in [0, 0.05) is 5.69 Å². The highest BCUT2D eigenvalue weighted by Crippen LogP contribution is 2.39. The maximum atomic E-state index is 12.3. The Morgan fingerprint density at radius 1 is 1.53 bits per heavy atom. The molecule has 0 aliphatic carbocycles. The molecule has 0 radical (unpaired) electrons. The van der Waals surface area contributed by atoms with Crippen molar-refractivity contribution in [1.82, 2.24) is 4.98 Å². The van der Waals surface area contributed by atoms with Crippen LogP contribution < -0.4 is 11.1 Å². The van der Waals surface area contributed by atoms with Crippen LogP contribution in [-0.2, 0) is 4.79 Å². The van der Waals surface area contributed by atoms with E-state index in [0.717, 1.165) is 28.8 Å². The van der Waals surface area contributed by atoms with Crippen molar-refractivity contribution in [3.05, 3.63) is 18.2 Å². The molecule has 1 aromatic heterocycles. The number of nitrogen functional groups attached to an aromatic ring is 1. The number of thiazole rings is 1. The molecule has 2 aromatic rings. The second-order valence-electron chi connectivity index (χ2n) is 4.88. The fourth-order valence-corrected chi connectivity index (χ4v) is 4.30. The van der Waals surface area contributed by atoms with E-state index in [4.69, 9.17) is 5.73 Å². The zero-order valence-electron chi connectivity index (χ0n) is 10.6. The normalized spacial score (nSPS) is 22.8. The van der Waals surface area contributed by atoms with Gasteiger partial charge in [-0.2, -0.15) is 0 Å². The van der Waals surface area contributed by atoms with E-state index in [1.807, 2.05) is 25.1 Å². The summed E-state index contributed by atoms with van der Waals surface area (Å²) in [5.41, 5.74) is 7.33. The van der Waals surface area contributed by atoms with Gasteiger partial charge in [-0.25, -0.2) is 4.98 Å². The molecule has 1 fully saturated rings. The van der Waals surface area contributed by atoms with Gasteiger partial charge < -0.3 is 11.1 Å². The Morgan fingerprint density at radius 2 is 2.37 bits per heavy atom. The minimum Gasteiger partial charge on any atom is -0.399 e. The van der Waals surface area contributed by atoms with Gasteiger partial charge in [-0.15, -0.1) is 11.8 Å². The summed E-state index contributed by atoms with van der Waals surface area (Å²) >= 11 is 3.19. The van der Waals surface area contributed by atoms with Crippen molar-refractivity contribution in [2.24, 2.45) is 0 Å². The Morgan fingerprint density at radius 3 is 3.11 bits per heavy atom. The number of benzene rings is 1. The number of nitrogens with two attached hydrogens (primary N) is 1. The maximum Gasteiger partial charge on any atom is 0.242 e. The minimum atomic E-state index is -0.309. The fourth-order valence-electron chi connectivity index (χ4n) is 2.18. The molecule has 0 bridgehead atoms. The number of hydrogen-bond acceptors (Lipinski definition) is 5. The minimum absolute atomic E-state index is 0.0574. The van der Waals surface area contributed by atoms with Crippen molar-refractivity contribution in [2.45, 2.75) is 24.5 Å². The molecule has 1 aliphatic heterocycles. The number of nitrogens with one attached hydrogen (secondary N) is 1. The molecule has 0 saturated carbocycles. The summed E-state index contributed by atoms with van der Waals surface area (Å²) in [7, 11) is 0. The van der Waals surface area contributed by atoms with Gasteiger partial charge in [0.2, 0.25) is 5.91 Å². The van der Waals surface area contributed by atoms with Gasteiger partial charge in [-0.1, -0.05) is 11.3 Å². The van der Waals surface area contributed by atoms with Crippen molar-refractivity contribution in [3.8, 4) is 0 Å². The van der Waals surface area contributed by atoms with Gasteiger partial charge in [-0.05, 0) is 43.7 Å². The number of amides is 1. The molecule has 1 aromatic carbocycles. The van der Waals surface area contributed by atoms with Crippen LogP contribution in [0.3, 0.4) is 0 Å². The fraction of sp³-hybridized carbons (Fsp3) is 0.385. The number of fused-ring (bicyclic) bond motifs is 1. The SMILES string of the molecule is CC1(C(=O)Nc2nc3ccc(N)cc3s2)CCCS1. The smallest absolute Gasteiger partial charge is 0.242 e. The Balaban J connectivity index is 1.83. The van der Waals surface area contributed by atoms with Gasteiger partial charge in [0.05, 0.1) is 15.0 Å². The third-order valence-electron chi connectivity index (χ3n) is 3.33. The topological polar surface area (TPSA) is 68.0 Å². The Hall–Kier alpha value is -1.27. The van der Waals surface area contributed by atoms with Crippen molar-refractivity contribution >= 4 is 50.0 Å². The molecular formula is C13H15N3OS2. The van der Waals surface area contributed by atoms with Crippen LogP contribution in [0.15, 0.2) is 18.2 Å². The monoisotopic (exact) mass is 293 g/mol. The predicted octanol–water partition coefficient (Wildman–Crippen LogP) is 3.10. The molecule has 1 atom stereocenters. The average Bonchev–Trinajstić information content (AvgIpc) is 2.95. The quantitative estimate of drug-likeness (QED) is 0.835. The molecule has 100 valence electrons. The van der Waals surface area contributed by atoms with E-state index in [0.29, 0.717) is 10.8 Å². The number of carbonyl (C=O) groups is 1. The average molecular weight is 293 g/mol. The van der Waals surface area contributed by atoms with Crippen LogP contribution in [0.1, 0.15) is 19.8 Å². The molecule has 1 aliphatic rings. The zero-order valence-corrected chi connectivity index (χ0v) is 12.2. The lowest BCUT2D eigenvalue weighted by molar-refractivity contribution is -0.118. The van der Waals surface area contributed by atoms with Crippen LogP contribution in [0, 0.1) is 0 Å². The number of carbonyl (C=O) groups excluding carboxylic acids is 1. The van der Waals surface area contributed by atoms with Gasteiger partial charge in [0.1, 0.15) is 0 Å². The van der Waals surface area contributed by atoms with Gasteiger partial charge >= 0.3 is 0 Å². The van der Waals surface area contributed by atoms with Crippen molar-refractivity contribution in [3.63, 3.8) is 0 Å². The first kappa shape index (κ1) is 12.7. The van der Waals surface area contributed by atoms with Gasteiger partial charge in [0.25, 0.3) is 0 Å². The molecule has 3 N–H and O–H groups in total. The molecule has 1 saturated heterocycles. The number of rotatable bonds is 2. The highest BCUT2D eigenvalue weighted by atomic mass is 32.2. The summed E-state index contributed by atoms with van der Waals surface area (Å²) < 4.78 is 0.691. The van der Waals surface area contributed by atoms with E-state index in [2.05, 4.69) is 10.3 Å². The second-order valence-corrected chi connectivity index (χ2v) is 7.51. The summed E-state index contributed by atoms with van der Waals surface area (Å²) in [6.07, 6.45) is 2.03. The van der Waals surface area contributed by atoms with Crippen LogP contribution in [0.25, 0.3) is 10.2 Å². The Kier molecular flexibility index (Phi) is 3.14. The first-order chi connectivity index (χ1) is 9.07. The largest absolute Gasteiger partial charge is 0.399 e. The van der Waals surface area contributed by atoms with E-state index in [1.165, 1.54) is 11.3 Å². The summed E-state index contributed by atoms with van der Waals surface area (Å²) in [4.78, 5) is 16.7. The summed E-state index contributed by atoms with van der Waals surface area (Å²) in [5, 5.41) is 3.59. The van der Waals surface area contributed by atoms with Gasteiger partial charge in [-0.3, -0.25) is 4.79 Å². The van der Waals surface area contributed by atoms with E-state index in [1.54, 1.807) is 11.8 Å². The van der Waals surface area contributed by atoms with Crippen molar-refractivity contribution in [1.29, 1.82) is 0 Å². The predicted molar refractivity (Wildman–Crippen MR) is 82.8 cm³/mol. The summed E-state index contributed by atoms with van der Waals surface area (Å²) in [6.45, 7) is 2.01. The second kappa shape index (κ2) is 4.68. The lowest BCUT2D eigenvalue weighted by Crippen LogP contribution is -2.34. The van der Waals surface area contributed by atoms with Crippen LogP contribution >= 0.6 is 23.1 Å². The molecular weight excluding hydrogens is 278 g/mol. The molecule has 6 heteroatoms. The van der Waals surface area contributed by atoms with Gasteiger partial charge in [0.15, 0.2) is 5.13 Å². The van der Waals surface area contributed by atoms with E-state index >= 15 is 0 Å². The van der Waals surface area contributed by atoms with Crippen molar-refractivity contribution < 1.29 is 4.79 Å². The molecule has 0 spiro atoms. The number of anilines is 2. The summed E-state index contributed by atoms with van der Waals surface area (Å²) in [5.74, 6) is 1.11. The van der Waals surface area contributed by atoms with Crippen LogP contribution in [-0.4, -0.2) is 21.4 Å². The van der Waals surface area contributed by atoms with Crippen LogP contribution in [0.2, 0.25) is 0 Å². The highest BCUT2D eigenvalue weighted by molar-refractivity contribution is 8.01. The van der Waals surface area contributed by atoms with E-state index < -0.39 is 0 Å². The third-order valence-corrected chi connectivity index (χ3v) is 5.79. The maximum absolute atomic E-state index is 12.3. The number of hydrogen-bond donors (Lipinski definition) is 2. The standard InChI is InChI=1S/C13H15N3OS2/c1-13(5-2-6-18-13)11(17)16-12-15-9-4-3-8(14)7-10(9)19-12/h3-4,7H,2,5-6,14H2,1H3,(H,15,16,17). The number of thioether (sulfide) groups is 1. The zero-order chi connectivity index (χ0) is 13.5. The molecule has 1 amide bonds. The Bertz CT molecular complexity index is 632. The number of aromatic nitrogens is 1.